The molecular weight excluding hydrogens is 265 g/mol. The summed E-state index contributed by atoms with van der Waals surface area (Å²) in [4.78, 5) is 4.39. The number of imidazole rings is 1. The molecule has 0 fully saturated rings. The second kappa shape index (κ2) is 5.79. The maximum atomic E-state index is 12.9. The molecule has 1 aromatic heterocycles. The van der Waals surface area contributed by atoms with E-state index >= 15 is 0 Å². The maximum absolute atomic E-state index is 12.9. The van der Waals surface area contributed by atoms with Gasteiger partial charge in [-0.05, 0) is 29.3 Å². The van der Waals surface area contributed by atoms with Crippen LogP contribution < -0.4 is 5.73 Å². The van der Waals surface area contributed by atoms with Crippen LogP contribution in [0.3, 0.4) is 0 Å². The van der Waals surface area contributed by atoms with E-state index in [-0.39, 0.29) is 5.82 Å². The molecule has 2 N–H and O–H groups in total. The summed E-state index contributed by atoms with van der Waals surface area (Å²) in [6, 6.07) is 14.3. The summed E-state index contributed by atoms with van der Waals surface area (Å²) in [5.41, 5.74) is 8.86. The van der Waals surface area contributed by atoms with Gasteiger partial charge in [0.1, 0.15) is 11.6 Å². The summed E-state index contributed by atoms with van der Waals surface area (Å²) in [5.74, 6) is 0.712. The fraction of sp³-hybridized carbons (Fsp3) is 0.118. The number of nitrogen functional groups attached to an aromatic ring is 1. The highest BCUT2D eigenvalue weighted by atomic mass is 19.1. The average Bonchev–Trinajstić information content (AvgIpc) is 2.91. The fourth-order valence-corrected chi connectivity index (χ4v) is 2.30. The van der Waals surface area contributed by atoms with E-state index in [1.807, 2.05) is 30.5 Å². The normalized spacial score (nSPS) is 10.7. The zero-order chi connectivity index (χ0) is 14.7. The van der Waals surface area contributed by atoms with Gasteiger partial charge in [0.25, 0.3) is 0 Å². The van der Waals surface area contributed by atoms with Crippen molar-refractivity contribution in [2.75, 3.05) is 5.73 Å². The lowest BCUT2D eigenvalue weighted by Crippen LogP contribution is -2.07. The molecule has 0 bridgehead atoms. The Morgan fingerprint density at radius 2 is 1.81 bits per heavy atom. The number of nitrogens with zero attached hydrogens (tertiary/aromatic N) is 2. The van der Waals surface area contributed by atoms with Crippen LogP contribution in [-0.2, 0) is 13.0 Å². The lowest BCUT2D eigenvalue weighted by molar-refractivity contribution is 0.627. The summed E-state index contributed by atoms with van der Waals surface area (Å²) in [7, 11) is 0. The van der Waals surface area contributed by atoms with Crippen LogP contribution in [0.25, 0.3) is 0 Å². The van der Waals surface area contributed by atoms with Gasteiger partial charge in [-0.25, -0.2) is 9.37 Å². The number of rotatable bonds is 4. The Labute approximate surface area is 122 Å². The fourth-order valence-electron chi connectivity index (χ4n) is 2.30. The SMILES string of the molecule is Nc1ccccc1Cn1ccnc1Cc1ccc(F)cc1. The smallest absolute Gasteiger partial charge is 0.123 e. The van der Waals surface area contributed by atoms with Crippen LogP contribution in [0.4, 0.5) is 10.1 Å². The molecule has 0 aliphatic heterocycles. The molecule has 0 atom stereocenters. The van der Waals surface area contributed by atoms with E-state index in [4.69, 9.17) is 5.73 Å². The van der Waals surface area contributed by atoms with E-state index in [1.54, 1.807) is 18.3 Å². The molecule has 0 saturated heterocycles. The molecule has 3 aromatic rings. The van der Waals surface area contributed by atoms with Crippen molar-refractivity contribution in [3.63, 3.8) is 0 Å². The van der Waals surface area contributed by atoms with Crippen molar-refractivity contribution in [2.24, 2.45) is 0 Å². The number of hydrogen-bond donors (Lipinski definition) is 1. The third kappa shape index (κ3) is 3.11. The molecule has 0 amide bonds. The second-order valence-corrected chi connectivity index (χ2v) is 4.97. The van der Waals surface area contributed by atoms with Crippen LogP contribution in [0.5, 0.6) is 0 Å². The van der Waals surface area contributed by atoms with Gasteiger partial charge >= 0.3 is 0 Å². The van der Waals surface area contributed by atoms with Gasteiger partial charge < -0.3 is 10.3 Å². The van der Waals surface area contributed by atoms with Crippen LogP contribution in [-0.4, -0.2) is 9.55 Å². The van der Waals surface area contributed by atoms with Crippen molar-refractivity contribution < 1.29 is 4.39 Å². The lowest BCUT2D eigenvalue weighted by Gasteiger charge is -2.10. The summed E-state index contributed by atoms with van der Waals surface area (Å²) in [5, 5.41) is 0. The topological polar surface area (TPSA) is 43.8 Å². The van der Waals surface area contributed by atoms with E-state index in [1.165, 1.54) is 12.1 Å². The first-order valence-electron chi connectivity index (χ1n) is 6.80. The minimum Gasteiger partial charge on any atom is -0.398 e. The van der Waals surface area contributed by atoms with E-state index in [9.17, 15) is 4.39 Å². The van der Waals surface area contributed by atoms with Gasteiger partial charge in [0, 0.05) is 24.5 Å². The Hall–Kier alpha value is -2.62. The Morgan fingerprint density at radius 1 is 1.05 bits per heavy atom. The van der Waals surface area contributed by atoms with Gasteiger partial charge in [0.15, 0.2) is 0 Å². The number of hydrogen-bond acceptors (Lipinski definition) is 2. The summed E-state index contributed by atoms with van der Waals surface area (Å²) in [6.45, 7) is 0.684. The minimum absolute atomic E-state index is 0.223. The molecule has 0 radical (unpaired) electrons. The molecule has 0 saturated carbocycles. The molecule has 3 rings (SSSR count). The average molecular weight is 281 g/mol. The largest absolute Gasteiger partial charge is 0.398 e. The van der Waals surface area contributed by atoms with E-state index < -0.39 is 0 Å². The van der Waals surface area contributed by atoms with Crippen LogP contribution in [0.2, 0.25) is 0 Å². The maximum Gasteiger partial charge on any atom is 0.123 e. The molecular formula is C17H16FN3. The number of benzene rings is 2. The summed E-state index contributed by atoms with van der Waals surface area (Å²) >= 11 is 0. The third-order valence-electron chi connectivity index (χ3n) is 3.47. The first-order chi connectivity index (χ1) is 10.2. The van der Waals surface area contributed by atoms with Gasteiger partial charge in [-0.2, -0.15) is 0 Å². The molecule has 4 heteroatoms. The van der Waals surface area contributed by atoms with Gasteiger partial charge in [-0.15, -0.1) is 0 Å². The highest BCUT2D eigenvalue weighted by Crippen LogP contribution is 2.15. The number of halogens is 1. The van der Waals surface area contributed by atoms with Crippen LogP contribution in [0.1, 0.15) is 17.0 Å². The Balaban J connectivity index is 1.81. The number of nitrogens with two attached hydrogens (primary N) is 1. The molecule has 106 valence electrons. The Morgan fingerprint density at radius 3 is 2.57 bits per heavy atom. The van der Waals surface area contributed by atoms with Crippen molar-refractivity contribution in [2.45, 2.75) is 13.0 Å². The molecule has 1 heterocycles. The molecule has 0 aliphatic carbocycles. The minimum atomic E-state index is -0.223. The van der Waals surface area contributed by atoms with Gasteiger partial charge in [-0.1, -0.05) is 30.3 Å². The monoisotopic (exact) mass is 281 g/mol. The van der Waals surface area contributed by atoms with Crippen molar-refractivity contribution in [3.8, 4) is 0 Å². The standard InChI is InChI=1S/C17H16FN3/c18-15-7-5-13(6-8-15)11-17-20-9-10-21(17)12-14-3-1-2-4-16(14)19/h1-10H,11-12,19H2. The number of para-hydroxylation sites is 1. The molecule has 3 nitrogen and oxygen atoms in total. The van der Waals surface area contributed by atoms with Crippen molar-refractivity contribution >= 4 is 5.69 Å². The van der Waals surface area contributed by atoms with E-state index in [0.717, 1.165) is 22.6 Å². The quantitative estimate of drug-likeness (QED) is 0.746. The van der Waals surface area contributed by atoms with Gasteiger partial charge in [0.05, 0.1) is 6.54 Å². The molecule has 0 unspecified atom stereocenters. The Kier molecular flexibility index (Phi) is 3.69. The van der Waals surface area contributed by atoms with Crippen LogP contribution in [0, 0.1) is 5.82 Å². The Bertz CT molecular complexity index is 732. The summed E-state index contributed by atoms with van der Waals surface area (Å²) in [6.07, 6.45) is 4.38. The van der Waals surface area contributed by atoms with E-state index in [0.29, 0.717) is 13.0 Å². The first-order valence-corrected chi connectivity index (χ1v) is 6.80. The zero-order valence-electron chi connectivity index (χ0n) is 11.5. The van der Waals surface area contributed by atoms with Crippen LogP contribution in [0.15, 0.2) is 60.9 Å². The zero-order valence-corrected chi connectivity index (χ0v) is 11.5. The molecule has 2 aromatic carbocycles. The molecule has 0 aliphatic rings. The van der Waals surface area contributed by atoms with Crippen molar-refractivity contribution in [1.82, 2.24) is 9.55 Å². The second-order valence-electron chi connectivity index (χ2n) is 4.97. The number of aromatic nitrogens is 2. The predicted octanol–water partition coefficient (Wildman–Crippen LogP) is 3.24. The molecule has 0 spiro atoms. The van der Waals surface area contributed by atoms with Gasteiger partial charge in [-0.3, -0.25) is 0 Å². The number of anilines is 1. The van der Waals surface area contributed by atoms with Crippen molar-refractivity contribution in [1.29, 1.82) is 0 Å². The lowest BCUT2D eigenvalue weighted by atomic mass is 10.1. The molecule has 21 heavy (non-hydrogen) atoms. The van der Waals surface area contributed by atoms with Crippen molar-refractivity contribution in [3.05, 3.63) is 83.7 Å². The highest BCUT2D eigenvalue weighted by molar-refractivity contribution is 5.46. The summed E-state index contributed by atoms with van der Waals surface area (Å²) < 4.78 is 15.0. The predicted molar refractivity (Wildman–Crippen MR) is 81.4 cm³/mol. The highest BCUT2D eigenvalue weighted by Gasteiger charge is 2.06. The van der Waals surface area contributed by atoms with Gasteiger partial charge in [0.2, 0.25) is 0 Å². The first kappa shape index (κ1) is 13.4. The third-order valence-corrected chi connectivity index (χ3v) is 3.47. The van der Waals surface area contributed by atoms with Crippen LogP contribution >= 0.6 is 0 Å². The van der Waals surface area contributed by atoms with E-state index in [2.05, 4.69) is 9.55 Å².